The first kappa shape index (κ1) is 20.8. The number of amides is 1. The molecule has 0 aliphatic carbocycles. The van der Waals surface area contributed by atoms with E-state index >= 15 is 0 Å². The average Bonchev–Trinajstić information content (AvgIpc) is 3.20. The van der Waals surface area contributed by atoms with Crippen molar-refractivity contribution in [1.82, 2.24) is 0 Å². The number of hydrogen-bond acceptors (Lipinski definition) is 4. The molecule has 4 nitrogen and oxygen atoms in total. The van der Waals surface area contributed by atoms with Crippen LogP contribution >= 0.6 is 11.3 Å². The zero-order valence-electron chi connectivity index (χ0n) is 17.5. The lowest BCUT2D eigenvalue weighted by Gasteiger charge is -2.11. The lowest BCUT2D eigenvalue weighted by molar-refractivity contribution is 0.0508. The molecule has 0 spiro atoms. The van der Waals surface area contributed by atoms with Gasteiger partial charge < -0.3 is 10.1 Å². The summed E-state index contributed by atoms with van der Waals surface area (Å²) in [5, 5.41) is 7.46. The van der Waals surface area contributed by atoms with Gasteiger partial charge in [-0.25, -0.2) is 4.79 Å². The molecule has 1 N–H and O–H groups in total. The highest BCUT2D eigenvalue weighted by Crippen LogP contribution is 2.39. The summed E-state index contributed by atoms with van der Waals surface area (Å²) < 4.78 is 5.47. The number of fused-ring (bicyclic) bond motifs is 1. The molecule has 31 heavy (non-hydrogen) atoms. The number of benzene rings is 3. The van der Waals surface area contributed by atoms with Crippen LogP contribution < -0.4 is 5.32 Å². The standard InChI is InChI=1S/C26H23NO3S/c1-3-15-30-26(29)23-22(21-10-6-8-18-7-4-5-9-20(18)21)16-31-25(23)27-24(28)19-13-11-17(2)12-14-19/h4-14,16H,3,15H2,1-2H3,(H,27,28). The Labute approximate surface area is 185 Å². The minimum atomic E-state index is -0.426. The molecule has 1 amide bonds. The first-order valence-electron chi connectivity index (χ1n) is 10.2. The molecule has 0 fully saturated rings. The number of ether oxygens (including phenoxy) is 1. The van der Waals surface area contributed by atoms with Crippen molar-refractivity contribution in [2.75, 3.05) is 11.9 Å². The van der Waals surface area contributed by atoms with E-state index in [0.717, 1.165) is 33.9 Å². The van der Waals surface area contributed by atoms with Gasteiger partial charge >= 0.3 is 5.97 Å². The second-order valence-corrected chi connectivity index (χ2v) is 8.22. The van der Waals surface area contributed by atoms with Crippen LogP contribution in [0.5, 0.6) is 0 Å². The number of anilines is 1. The summed E-state index contributed by atoms with van der Waals surface area (Å²) in [7, 11) is 0. The maximum absolute atomic E-state index is 13.0. The van der Waals surface area contributed by atoms with Gasteiger partial charge in [-0.05, 0) is 41.8 Å². The van der Waals surface area contributed by atoms with Crippen molar-refractivity contribution < 1.29 is 14.3 Å². The van der Waals surface area contributed by atoms with Gasteiger partial charge in [-0.2, -0.15) is 0 Å². The topological polar surface area (TPSA) is 55.4 Å². The number of thiophene rings is 1. The van der Waals surface area contributed by atoms with Gasteiger partial charge in [-0.3, -0.25) is 4.79 Å². The number of rotatable bonds is 6. The van der Waals surface area contributed by atoms with Crippen LogP contribution in [0, 0.1) is 6.92 Å². The lowest BCUT2D eigenvalue weighted by atomic mass is 9.97. The van der Waals surface area contributed by atoms with Crippen molar-refractivity contribution in [3.05, 3.63) is 88.8 Å². The van der Waals surface area contributed by atoms with Crippen LogP contribution in [0.1, 0.15) is 39.6 Å². The van der Waals surface area contributed by atoms with Gasteiger partial charge in [0.05, 0.1) is 6.61 Å². The Balaban J connectivity index is 1.77. The Morgan fingerprint density at radius 2 is 1.68 bits per heavy atom. The van der Waals surface area contributed by atoms with Crippen molar-refractivity contribution in [2.45, 2.75) is 20.3 Å². The molecule has 0 bridgehead atoms. The predicted octanol–water partition coefficient (Wildman–Crippen LogP) is 6.70. The highest BCUT2D eigenvalue weighted by molar-refractivity contribution is 7.15. The molecule has 0 radical (unpaired) electrons. The summed E-state index contributed by atoms with van der Waals surface area (Å²) in [6.07, 6.45) is 0.727. The molecule has 0 atom stereocenters. The van der Waals surface area contributed by atoms with Gasteiger partial charge in [0.1, 0.15) is 10.6 Å². The third-order valence-electron chi connectivity index (χ3n) is 5.05. The van der Waals surface area contributed by atoms with Crippen molar-refractivity contribution in [3.8, 4) is 11.1 Å². The summed E-state index contributed by atoms with van der Waals surface area (Å²) in [5.41, 5.74) is 3.72. The lowest BCUT2D eigenvalue weighted by Crippen LogP contribution is -2.15. The Kier molecular flexibility index (Phi) is 6.14. The van der Waals surface area contributed by atoms with Crippen LogP contribution in [-0.4, -0.2) is 18.5 Å². The van der Waals surface area contributed by atoms with Crippen LogP contribution in [0.3, 0.4) is 0 Å². The molecule has 0 saturated heterocycles. The minimum Gasteiger partial charge on any atom is -0.462 e. The Morgan fingerprint density at radius 1 is 0.935 bits per heavy atom. The number of carbonyl (C=O) groups excluding carboxylic acids is 2. The Morgan fingerprint density at radius 3 is 2.45 bits per heavy atom. The van der Waals surface area contributed by atoms with Crippen LogP contribution in [0.2, 0.25) is 0 Å². The van der Waals surface area contributed by atoms with E-state index in [4.69, 9.17) is 4.74 Å². The van der Waals surface area contributed by atoms with E-state index in [1.54, 1.807) is 12.1 Å². The van der Waals surface area contributed by atoms with Gasteiger partial charge in [0, 0.05) is 16.5 Å². The van der Waals surface area contributed by atoms with Crippen LogP contribution in [0.4, 0.5) is 5.00 Å². The average molecular weight is 430 g/mol. The molecule has 1 aromatic heterocycles. The fourth-order valence-electron chi connectivity index (χ4n) is 3.46. The SMILES string of the molecule is CCCOC(=O)c1c(-c2cccc3ccccc23)csc1NC(=O)c1ccc(C)cc1. The highest BCUT2D eigenvalue weighted by Gasteiger charge is 2.24. The number of hydrogen-bond donors (Lipinski definition) is 1. The van der Waals surface area contributed by atoms with Gasteiger partial charge in [0.2, 0.25) is 0 Å². The molecule has 5 heteroatoms. The van der Waals surface area contributed by atoms with Crippen LogP contribution in [0.25, 0.3) is 21.9 Å². The van der Waals surface area contributed by atoms with E-state index in [-0.39, 0.29) is 5.91 Å². The molecule has 3 aromatic carbocycles. The minimum absolute atomic E-state index is 0.254. The van der Waals surface area contributed by atoms with Crippen molar-refractivity contribution in [3.63, 3.8) is 0 Å². The number of esters is 1. The van der Waals surface area contributed by atoms with Gasteiger partial charge in [-0.15, -0.1) is 11.3 Å². The maximum Gasteiger partial charge on any atom is 0.341 e. The fraction of sp³-hybridized carbons (Fsp3) is 0.154. The number of nitrogens with one attached hydrogen (secondary N) is 1. The van der Waals surface area contributed by atoms with Crippen molar-refractivity contribution in [2.24, 2.45) is 0 Å². The molecule has 0 unspecified atom stereocenters. The van der Waals surface area contributed by atoms with Gasteiger partial charge in [0.15, 0.2) is 0 Å². The zero-order valence-corrected chi connectivity index (χ0v) is 18.3. The largest absolute Gasteiger partial charge is 0.462 e. The first-order valence-corrected chi connectivity index (χ1v) is 11.1. The Hall–Kier alpha value is -3.44. The monoisotopic (exact) mass is 429 g/mol. The van der Waals surface area contributed by atoms with E-state index in [1.165, 1.54) is 11.3 Å². The summed E-state index contributed by atoms with van der Waals surface area (Å²) in [6, 6.07) is 21.4. The molecule has 4 rings (SSSR count). The molecule has 1 heterocycles. The Bertz CT molecular complexity index is 1240. The number of aryl methyl sites for hydroxylation is 1. The third-order valence-corrected chi connectivity index (χ3v) is 5.95. The summed E-state index contributed by atoms with van der Waals surface area (Å²) in [4.78, 5) is 25.8. The third kappa shape index (κ3) is 4.37. The van der Waals surface area contributed by atoms with Crippen LogP contribution in [0.15, 0.2) is 72.1 Å². The molecular formula is C26H23NO3S. The quantitative estimate of drug-likeness (QED) is 0.347. The fourth-order valence-corrected chi connectivity index (χ4v) is 4.40. The molecule has 0 aliphatic rings. The van der Waals surface area contributed by atoms with E-state index in [2.05, 4.69) is 5.32 Å². The second-order valence-electron chi connectivity index (χ2n) is 7.34. The summed E-state index contributed by atoms with van der Waals surface area (Å²) >= 11 is 1.33. The van der Waals surface area contributed by atoms with E-state index in [9.17, 15) is 9.59 Å². The van der Waals surface area contributed by atoms with Crippen molar-refractivity contribution in [1.29, 1.82) is 0 Å². The highest BCUT2D eigenvalue weighted by atomic mass is 32.1. The molecule has 0 saturated carbocycles. The zero-order chi connectivity index (χ0) is 21.8. The van der Waals surface area contributed by atoms with E-state index in [0.29, 0.717) is 22.7 Å². The number of carbonyl (C=O) groups is 2. The van der Waals surface area contributed by atoms with Gasteiger partial charge in [0.25, 0.3) is 5.91 Å². The first-order chi connectivity index (χ1) is 15.1. The normalized spacial score (nSPS) is 10.8. The molecular weight excluding hydrogens is 406 g/mol. The van der Waals surface area contributed by atoms with Gasteiger partial charge in [-0.1, -0.05) is 67.1 Å². The summed E-state index contributed by atoms with van der Waals surface area (Å²) in [5.74, 6) is -0.680. The van der Waals surface area contributed by atoms with Crippen LogP contribution in [-0.2, 0) is 4.74 Å². The second kappa shape index (κ2) is 9.14. The van der Waals surface area contributed by atoms with E-state index in [1.807, 2.05) is 73.8 Å². The van der Waals surface area contributed by atoms with Crippen molar-refractivity contribution >= 4 is 39.0 Å². The smallest absolute Gasteiger partial charge is 0.341 e. The maximum atomic E-state index is 13.0. The summed E-state index contributed by atoms with van der Waals surface area (Å²) in [6.45, 7) is 4.25. The van der Waals surface area contributed by atoms with E-state index < -0.39 is 5.97 Å². The molecule has 156 valence electrons. The molecule has 4 aromatic rings. The molecule has 0 aliphatic heterocycles. The predicted molar refractivity (Wildman–Crippen MR) is 127 cm³/mol.